The summed E-state index contributed by atoms with van der Waals surface area (Å²) >= 11 is 0. The van der Waals surface area contributed by atoms with Crippen molar-refractivity contribution in [3.63, 3.8) is 0 Å². The van der Waals surface area contributed by atoms with E-state index >= 15 is 4.39 Å². The zero-order valence-electron chi connectivity index (χ0n) is 30.9. The lowest BCUT2D eigenvalue weighted by molar-refractivity contribution is -0.137. The number of aryl methyl sites for hydroxylation is 1. The number of hydrogen-bond donors (Lipinski definition) is 1. The van der Waals surface area contributed by atoms with Crippen LogP contribution < -0.4 is 5.73 Å². The third-order valence-electron chi connectivity index (χ3n) is 10.9. The minimum absolute atomic E-state index is 0.0136. The zero-order chi connectivity index (χ0) is 37.0. The van der Waals surface area contributed by atoms with Crippen LogP contribution in [0.1, 0.15) is 109 Å². The van der Waals surface area contributed by atoms with Crippen LogP contribution in [0.2, 0.25) is 18.1 Å². The van der Waals surface area contributed by atoms with Crippen LogP contribution in [0.3, 0.4) is 0 Å². The molecule has 0 aromatic carbocycles. The second kappa shape index (κ2) is 11.9. The summed E-state index contributed by atoms with van der Waals surface area (Å²) in [6, 6.07) is 0.697. The number of rotatable bonds is 7. The summed E-state index contributed by atoms with van der Waals surface area (Å²) in [5, 5.41) is 5.57. The Labute approximate surface area is 292 Å². The van der Waals surface area contributed by atoms with Crippen LogP contribution in [0.5, 0.6) is 0 Å². The molecule has 3 aromatic heterocycles. The molecule has 0 unspecified atom stereocenters. The molecular formula is C36H50F4N6O3Si. The van der Waals surface area contributed by atoms with Crippen LogP contribution in [0.25, 0.3) is 22.2 Å². The van der Waals surface area contributed by atoms with Crippen molar-refractivity contribution in [2.75, 3.05) is 18.9 Å². The molecule has 3 aromatic rings. The third kappa shape index (κ3) is 6.39. The molecule has 1 aliphatic heterocycles. The molecule has 4 atom stereocenters. The maximum Gasteiger partial charge on any atom is 0.418 e. The first-order valence-electron chi connectivity index (χ1n) is 17.5. The van der Waals surface area contributed by atoms with E-state index in [1.165, 1.54) is 6.92 Å². The van der Waals surface area contributed by atoms with Gasteiger partial charge in [-0.2, -0.15) is 18.3 Å². The first kappa shape index (κ1) is 36.5. The number of carbonyl (C=O) groups is 1. The molecule has 9 nitrogen and oxygen atoms in total. The van der Waals surface area contributed by atoms with Gasteiger partial charge in [-0.15, -0.1) is 0 Å². The molecule has 14 heteroatoms. The van der Waals surface area contributed by atoms with E-state index in [4.69, 9.17) is 20.0 Å². The number of aromatic nitrogens is 4. The number of halogens is 4. The van der Waals surface area contributed by atoms with Crippen LogP contribution in [-0.4, -0.2) is 63.9 Å². The number of anilines is 1. The highest BCUT2D eigenvalue weighted by Gasteiger charge is 2.65. The number of nitrogens with zero attached hydrogens (tertiary/aromatic N) is 5. The van der Waals surface area contributed by atoms with E-state index in [-0.39, 0.29) is 57.8 Å². The van der Waals surface area contributed by atoms with Gasteiger partial charge in [0.2, 0.25) is 0 Å². The molecular weight excluding hydrogens is 669 g/mol. The van der Waals surface area contributed by atoms with Gasteiger partial charge in [0.05, 0.1) is 41.3 Å². The third-order valence-corrected chi connectivity index (χ3v) is 15.4. The fraction of sp³-hybridized carbons (Fsp3) is 0.667. The number of piperidine rings is 1. The second-order valence-corrected chi connectivity index (χ2v) is 22.0. The van der Waals surface area contributed by atoms with Crippen LogP contribution in [-0.2, 0) is 15.3 Å². The van der Waals surface area contributed by atoms with Crippen LogP contribution in [0.15, 0.2) is 6.07 Å². The smallest absolute Gasteiger partial charge is 0.418 e. The van der Waals surface area contributed by atoms with Crippen molar-refractivity contribution >= 4 is 31.1 Å². The molecule has 6 rings (SSSR count). The van der Waals surface area contributed by atoms with Crippen molar-refractivity contribution in [3.05, 3.63) is 34.5 Å². The monoisotopic (exact) mass is 718 g/mol. The van der Waals surface area contributed by atoms with Gasteiger partial charge < -0.3 is 19.8 Å². The number of amides is 1. The number of fused-ring (bicyclic) bond motifs is 2. The summed E-state index contributed by atoms with van der Waals surface area (Å²) in [7, 11) is -2.19. The molecule has 2 aliphatic carbocycles. The number of ether oxygens (including phenoxy) is 1. The fourth-order valence-electron chi connectivity index (χ4n) is 7.26. The van der Waals surface area contributed by atoms with Crippen molar-refractivity contribution < 1.29 is 31.5 Å². The molecule has 0 radical (unpaired) electrons. The predicted molar refractivity (Wildman–Crippen MR) is 187 cm³/mol. The van der Waals surface area contributed by atoms with Gasteiger partial charge >= 0.3 is 12.3 Å². The highest BCUT2D eigenvalue weighted by molar-refractivity contribution is 6.74. The minimum Gasteiger partial charge on any atom is -0.444 e. The van der Waals surface area contributed by atoms with E-state index in [1.54, 1.807) is 9.58 Å². The summed E-state index contributed by atoms with van der Waals surface area (Å²) in [6.45, 7) is 22.1. The molecule has 0 bridgehead atoms. The molecule has 3 fully saturated rings. The number of nitrogen functional groups attached to an aromatic ring is 1. The van der Waals surface area contributed by atoms with E-state index in [9.17, 15) is 18.0 Å². The Balaban J connectivity index is 1.48. The number of carbonyl (C=O) groups excluding carboxylic acids is 1. The average Bonchev–Trinajstić information content (AvgIpc) is 3.84. The van der Waals surface area contributed by atoms with Gasteiger partial charge in [-0.05, 0) is 82.5 Å². The van der Waals surface area contributed by atoms with E-state index in [2.05, 4.69) is 43.8 Å². The Morgan fingerprint density at radius 1 is 1.10 bits per heavy atom. The van der Waals surface area contributed by atoms with Crippen LogP contribution in [0.4, 0.5) is 28.2 Å². The molecule has 50 heavy (non-hydrogen) atoms. The molecule has 0 spiro atoms. The van der Waals surface area contributed by atoms with E-state index in [1.807, 2.05) is 34.6 Å². The van der Waals surface area contributed by atoms with Crippen molar-refractivity contribution in [2.24, 2.45) is 11.8 Å². The summed E-state index contributed by atoms with van der Waals surface area (Å²) in [6.07, 6.45) is -3.64. The van der Waals surface area contributed by atoms with E-state index in [0.717, 1.165) is 18.9 Å². The SMILES string of the molecule is Cc1nc(N)cc(-c2nc(C(C)C)c3c([C@@H]4[C@H]5CN(C(=O)OC(C)(C)C)[C@H](CO[Si](C)(C)C(C)(C)C)[C@H]54)nn(C4CC4)c3c2F)c1C(F)(F)F. The molecule has 274 valence electrons. The van der Waals surface area contributed by atoms with Gasteiger partial charge in [0, 0.05) is 23.4 Å². The highest BCUT2D eigenvalue weighted by atomic mass is 28.4. The molecule has 2 N–H and O–H groups in total. The normalized spacial score (nSPS) is 22.8. The lowest BCUT2D eigenvalue weighted by Gasteiger charge is -2.39. The maximum atomic E-state index is 17.0. The molecule has 1 amide bonds. The van der Waals surface area contributed by atoms with Crippen LogP contribution >= 0.6 is 0 Å². The lowest BCUT2D eigenvalue weighted by Crippen LogP contribution is -2.48. The predicted octanol–water partition coefficient (Wildman–Crippen LogP) is 8.97. The zero-order valence-corrected chi connectivity index (χ0v) is 31.9. The van der Waals surface area contributed by atoms with Gasteiger partial charge in [0.25, 0.3) is 0 Å². The minimum atomic E-state index is -4.81. The van der Waals surface area contributed by atoms with Crippen molar-refractivity contribution in [3.8, 4) is 11.3 Å². The first-order chi connectivity index (χ1) is 22.9. The Bertz CT molecular complexity index is 1840. The topological polar surface area (TPSA) is 108 Å². The number of alkyl halides is 3. The Morgan fingerprint density at radius 3 is 2.28 bits per heavy atom. The molecule has 2 saturated carbocycles. The largest absolute Gasteiger partial charge is 0.444 e. The summed E-state index contributed by atoms with van der Waals surface area (Å²) < 4.78 is 74.4. The first-order valence-corrected chi connectivity index (χ1v) is 20.4. The molecule has 3 aliphatic rings. The Morgan fingerprint density at radius 2 is 1.74 bits per heavy atom. The van der Waals surface area contributed by atoms with Gasteiger partial charge in [-0.1, -0.05) is 34.6 Å². The summed E-state index contributed by atoms with van der Waals surface area (Å²) in [5.74, 6) is -1.37. The summed E-state index contributed by atoms with van der Waals surface area (Å²) in [4.78, 5) is 23.8. The summed E-state index contributed by atoms with van der Waals surface area (Å²) in [5.41, 5.74) is 4.32. The average molecular weight is 719 g/mol. The number of likely N-dealkylation sites (tertiary alicyclic amines) is 1. The quantitative estimate of drug-likeness (QED) is 0.192. The highest BCUT2D eigenvalue weighted by Crippen LogP contribution is 2.63. The van der Waals surface area contributed by atoms with Gasteiger partial charge in [-0.25, -0.2) is 19.2 Å². The maximum absolute atomic E-state index is 17.0. The number of pyridine rings is 2. The molecule has 1 saturated heterocycles. The van der Waals surface area contributed by atoms with Crippen LogP contribution in [0, 0.1) is 24.6 Å². The number of hydrogen-bond acceptors (Lipinski definition) is 7. The van der Waals surface area contributed by atoms with E-state index < -0.39 is 48.8 Å². The van der Waals surface area contributed by atoms with Crippen molar-refractivity contribution in [2.45, 2.75) is 129 Å². The van der Waals surface area contributed by atoms with Crippen molar-refractivity contribution in [1.82, 2.24) is 24.6 Å². The van der Waals surface area contributed by atoms with Crippen molar-refractivity contribution in [1.29, 1.82) is 0 Å². The lowest BCUT2D eigenvalue weighted by atomic mass is 9.96. The Kier molecular flexibility index (Phi) is 8.69. The second-order valence-electron chi connectivity index (χ2n) is 17.2. The standard InChI is InChI=1S/C36H50F4N6O3Si/c1-17(2)29-26-31(25-21-15-45(33(47)49-34(4,5)6)22(24(21)25)16-48-50(10,11)35(7,8)9)44-46(19-12-13-19)32(26)28(37)30(43-29)20-14-23(41)42-18(3)27(20)36(38,39)40/h14,17,19,21-22,24-25H,12-13,15-16H2,1-11H3,(H2,41,42)/t21-,22+,24-,25+/m0/s1. The van der Waals surface area contributed by atoms with Gasteiger partial charge in [0.1, 0.15) is 22.6 Å². The van der Waals surface area contributed by atoms with Gasteiger partial charge in [0.15, 0.2) is 14.1 Å². The van der Waals surface area contributed by atoms with Gasteiger partial charge in [-0.3, -0.25) is 4.68 Å². The fourth-order valence-corrected chi connectivity index (χ4v) is 8.28. The van der Waals surface area contributed by atoms with E-state index in [0.29, 0.717) is 29.9 Å². The number of nitrogens with two attached hydrogens (primary N) is 1. The molecule has 4 heterocycles. The Hall–Kier alpha value is -3.26.